The third-order valence-corrected chi connectivity index (χ3v) is 2.30. The zero-order chi connectivity index (χ0) is 12.9. The second-order valence-corrected chi connectivity index (χ2v) is 4.35. The first-order valence-corrected chi connectivity index (χ1v) is 6.09. The Morgan fingerprint density at radius 2 is 1.81 bits per heavy atom. The van der Waals surface area contributed by atoms with Crippen LogP contribution in [0.3, 0.4) is 0 Å². The van der Waals surface area contributed by atoms with Crippen LogP contribution in [0, 0.1) is 0 Å². The number of ketones is 2. The highest BCUT2D eigenvalue weighted by Gasteiger charge is 2.30. The summed E-state index contributed by atoms with van der Waals surface area (Å²) in [6.07, 6.45) is -3.51. The molecule has 0 aliphatic heterocycles. The number of phosphoric ester groups is 1. The van der Waals surface area contributed by atoms with Crippen LogP contribution in [0.25, 0.3) is 0 Å². The van der Waals surface area contributed by atoms with Gasteiger partial charge in [0.2, 0.25) is 11.6 Å². The predicted octanol–water partition coefficient (Wildman–Crippen LogP) is -2.11. The zero-order valence-electron chi connectivity index (χ0n) is 7.89. The molecule has 0 fully saturated rings. The molecule has 94 valence electrons. The van der Waals surface area contributed by atoms with E-state index in [0.29, 0.717) is 0 Å². The summed E-state index contributed by atoms with van der Waals surface area (Å²) in [7, 11) is -4.85. The number of phosphoric acid groups is 1. The van der Waals surface area contributed by atoms with Crippen LogP contribution in [0.15, 0.2) is 0 Å². The van der Waals surface area contributed by atoms with Crippen molar-refractivity contribution in [3.63, 3.8) is 0 Å². The van der Waals surface area contributed by atoms with E-state index in [2.05, 4.69) is 17.2 Å². The molecule has 1 unspecified atom stereocenters. The zero-order valence-corrected chi connectivity index (χ0v) is 9.67. The molecule has 16 heavy (non-hydrogen) atoms. The highest BCUT2D eigenvalue weighted by atomic mass is 32.1. The fourth-order valence-corrected chi connectivity index (χ4v) is 1.14. The van der Waals surface area contributed by atoms with Crippen molar-refractivity contribution in [3.8, 4) is 0 Å². The van der Waals surface area contributed by atoms with Crippen LogP contribution in [0.4, 0.5) is 0 Å². The first kappa shape index (κ1) is 15.7. The maximum absolute atomic E-state index is 11.0. The summed E-state index contributed by atoms with van der Waals surface area (Å²) in [6.45, 7) is -1.17. The smallest absolute Gasteiger partial charge is 0.389 e. The van der Waals surface area contributed by atoms with Crippen LogP contribution in [0.2, 0.25) is 0 Å². The molecule has 0 amide bonds. The summed E-state index contributed by atoms with van der Waals surface area (Å²) in [5.41, 5.74) is 0. The number of aliphatic hydroxyl groups excluding tert-OH is 2. The van der Waals surface area contributed by atoms with Gasteiger partial charge >= 0.3 is 7.82 Å². The molecular weight excluding hydrogens is 263 g/mol. The SMILES string of the molecule is O=C(COP(=O)(O)O)C(=O)[C@H](O)C(O)CS. The molecule has 4 N–H and O–H groups in total. The molecule has 2 atom stereocenters. The average Bonchev–Trinajstić information content (AvgIpc) is 2.21. The summed E-state index contributed by atoms with van der Waals surface area (Å²) >= 11 is 3.59. The number of carbonyl (C=O) groups is 2. The Bertz CT molecular complexity index is 312. The molecular formula is C6H11O8PS. The van der Waals surface area contributed by atoms with Crippen molar-refractivity contribution < 1.29 is 38.7 Å². The van der Waals surface area contributed by atoms with Crippen LogP contribution in [0.5, 0.6) is 0 Å². The van der Waals surface area contributed by atoms with E-state index in [-0.39, 0.29) is 5.75 Å². The molecule has 0 rings (SSSR count). The molecule has 0 aliphatic carbocycles. The number of thiol groups is 1. The third-order valence-electron chi connectivity index (χ3n) is 1.46. The summed E-state index contributed by atoms with van der Waals surface area (Å²) in [5, 5.41) is 18.0. The number of carbonyl (C=O) groups excluding carboxylic acids is 2. The van der Waals surface area contributed by atoms with Gasteiger partial charge in [0.05, 0.1) is 6.10 Å². The molecule has 0 aromatic rings. The molecule has 10 heteroatoms. The highest BCUT2D eigenvalue weighted by Crippen LogP contribution is 2.35. The number of aliphatic hydroxyl groups is 2. The van der Waals surface area contributed by atoms with Gasteiger partial charge in [-0.25, -0.2) is 4.57 Å². The summed E-state index contributed by atoms with van der Waals surface area (Å²) < 4.78 is 14.0. The Kier molecular flexibility index (Phi) is 6.34. The normalized spacial score (nSPS) is 15.6. The lowest BCUT2D eigenvalue weighted by atomic mass is 10.1. The van der Waals surface area contributed by atoms with Gasteiger partial charge in [-0.1, -0.05) is 0 Å². The molecule has 0 spiro atoms. The van der Waals surface area contributed by atoms with Crippen molar-refractivity contribution in [1.29, 1.82) is 0 Å². The third kappa shape index (κ3) is 5.71. The summed E-state index contributed by atoms with van der Waals surface area (Å²) in [6, 6.07) is 0. The number of hydrogen-bond donors (Lipinski definition) is 5. The van der Waals surface area contributed by atoms with Gasteiger partial charge in [-0.05, 0) is 0 Å². The maximum Gasteiger partial charge on any atom is 0.470 e. The lowest BCUT2D eigenvalue weighted by Gasteiger charge is -2.13. The summed E-state index contributed by atoms with van der Waals surface area (Å²) in [4.78, 5) is 38.5. The molecule has 0 saturated heterocycles. The van der Waals surface area contributed by atoms with Gasteiger partial charge in [-0.15, -0.1) is 0 Å². The minimum atomic E-state index is -4.85. The van der Waals surface area contributed by atoms with Crippen molar-refractivity contribution in [2.45, 2.75) is 12.2 Å². The van der Waals surface area contributed by atoms with Gasteiger partial charge in [0.25, 0.3) is 0 Å². The Morgan fingerprint density at radius 3 is 2.19 bits per heavy atom. The molecule has 0 aliphatic rings. The fraction of sp³-hybridized carbons (Fsp3) is 0.667. The quantitative estimate of drug-likeness (QED) is 0.202. The number of rotatable bonds is 7. The van der Waals surface area contributed by atoms with E-state index in [1.807, 2.05) is 0 Å². The van der Waals surface area contributed by atoms with E-state index >= 15 is 0 Å². The first-order valence-electron chi connectivity index (χ1n) is 3.93. The first-order chi connectivity index (χ1) is 7.19. The van der Waals surface area contributed by atoms with Crippen molar-refractivity contribution in [3.05, 3.63) is 0 Å². The molecule has 0 heterocycles. The number of hydrogen-bond acceptors (Lipinski definition) is 7. The van der Waals surface area contributed by atoms with Gasteiger partial charge in [0.15, 0.2) is 0 Å². The molecule has 0 aromatic carbocycles. The van der Waals surface area contributed by atoms with Crippen molar-refractivity contribution >= 4 is 32.0 Å². The Hall–Kier alpha value is -0.280. The monoisotopic (exact) mass is 274 g/mol. The maximum atomic E-state index is 11.0. The van der Waals surface area contributed by atoms with Crippen LogP contribution < -0.4 is 0 Å². The van der Waals surface area contributed by atoms with Crippen LogP contribution in [0.1, 0.15) is 0 Å². The van der Waals surface area contributed by atoms with Gasteiger partial charge in [-0.3, -0.25) is 14.1 Å². The molecule has 0 saturated carbocycles. The lowest BCUT2D eigenvalue weighted by molar-refractivity contribution is -0.145. The second-order valence-electron chi connectivity index (χ2n) is 2.75. The molecule has 0 aromatic heterocycles. The Labute approximate surface area is 95.9 Å². The minimum absolute atomic E-state index is 0.250. The Morgan fingerprint density at radius 1 is 1.31 bits per heavy atom. The molecule has 8 nitrogen and oxygen atoms in total. The summed E-state index contributed by atoms with van der Waals surface area (Å²) in [5.74, 6) is -2.99. The minimum Gasteiger partial charge on any atom is -0.389 e. The lowest BCUT2D eigenvalue weighted by Crippen LogP contribution is -2.40. The van der Waals surface area contributed by atoms with Gasteiger partial charge in [-0.2, -0.15) is 12.6 Å². The highest BCUT2D eigenvalue weighted by molar-refractivity contribution is 7.80. The fourth-order valence-electron chi connectivity index (χ4n) is 0.653. The second kappa shape index (κ2) is 6.45. The van der Waals surface area contributed by atoms with Crippen LogP contribution in [-0.2, 0) is 18.7 Å². The predicted molar refractivity (Wildman–Crippen MR) is 53.9 cm³/mol. The average molecular weight is 274 g/mol. The Balaban J connectivity index is 4.30. The standard InChI is InChI=1S/C6H11O8PS/c7-3(1-14-15(11,12)13)5(9)6(10)4(8)2-16/h4,6,8,10,16H,1-2H2,(H2,11,12,13)/t4?,6-/m1/s1. The topological polar surface area (TPSA) is 141 Å². The largest absolute Gasteiger partial charge is 0.470 e. The van der Waals surface area contributed by atoms with E-state index < -0.39 is 38.2 Å². The van der Waals surface area contributed by atoms with E-state index in [4.69, 9.17) is 20.0 Å². The van der Waals surface area contributed by atoms with Gasteiger partial charge < -0.3 is 20.0 Å². The van der Waals surface area contributed by atoms with E-state index in [9.17, 15) is 14.2 Å². The molecule has 0 radical (unpaired) electrons. The van der Waals surface area contributed by atoms with Crippen LogP contribution in [-0.4, -0.2) is 56.1 Å². The van der Waals surface area contributed by atoms with Gasteiger partial charge in [0, 0.05) is 5.75 Å². The van der Waals surface area contributed by atoms with Crippen molar-refractivity contribution in [2.75, 3.05) is 12.4 Å². The number of Topliss-reactive ketones (excluding diaryl/α,β-unsaturated/α-hetero) is 2. The van der Waals surface area contributed by atoms with Crippen molar-refractivity contribution in [1.82, 2.24) is 0 Å². The van der Waals surface area contributed by atoms with E-state index in [0.717, 1.165) is 0 Å². The van der Waals surface area contributed by atoms with E-state index in [1.54, 1.807) is 0 Å². The van der Waals surface area contributed by atoms with Crippen LogP contribution >= 0.6 is 20.5 Å². The van der Waals surface area contributed by atoms with E-state index in [1.165, 1.54) is 0 Å². The molecule has 0 bridgehead atoms. The van der Waals surface area contributed by atoms with Crippen molar-refractivity contribution in [2.24, 2.45) is 0 Å². The van der Waals surface area contributed by atoms with Gasteiger partial charge in [0.1, 0.15) is 12.7 Å².